The Hall–Kier alpha value is -1.40. The molecule has 2 fully saturated rings. The number of nitrogens with zero attached hydrogens (tertiary/aromatic N) is 1. The number of carboxylic acid groups (broad SMARTS) is 1. The van der Waals surface area contributed by atoms with Crippen LogP contribution in [-0.2, 0) is 9.53 Å². The third kappa shape index (κ3) is 2.37. The molecule has 108 valence electrons. The topological polar surface area (TPSA) is 66.8 Å². The molecule has 0 radical (unpaired) electrons. The molecular weight excluding hydrogens is 260 g/mol. The van der Waals surface area contributed by atoms with Gasteiger partial charge in [-0.25, -0.2) is 18.4 Å². The van der Waals surface area contributed by atoms with Crippen LogP contribution in [0.5, 0.6) is 0 Å². The molecule has 1 spiro atoms. The van der Waals surface area contributed by atoms with Crippen molar-refractivity contribution in [3.05, 3.63) is 0 Å². The molecule has 19 heavy (non-hydrogen) atoms. The number of carbonyl (C=O) groups excluding carboxylic acids is 1. The molecule has 1 amide bonds. The van der Waals surface area contributed by atoms with Gasteiger partial charge in [-0.3, -0.25) is 4.90 Å². The van der Waals surface area contributed by atoms with Crippen LogP contribution in [0.3, 0.4) is 0 Å². The lowest BCUT2D eigenvalue weighted by molar-refractivity contribution is -0.142. The highest BCUT2D eigenvalue weighted by Gasteiger charge is 2.75. The summed E-state index contributed by atoms with van der Waals surface area (Å²) in [5.41, 5.74) is -2.16. The number of carboxylic acids is 1. The Bertz CT molecular complexity index is 432. The van der Waals surface area contributed by atoms with Crippen LogP contribution in [0.2, 0.25) is 0 Å². The van der Waals surface area contributed by atoms with Crippen LogP contribution in [0.25, 0.3) is 0 Å². The second kappa shape index (κ2) is 3.80. The van der Waals surface area contributed by atoms with Gasteiger partial charge >= 0.3 is 12.1 Å². The van der Waals surface area contributed by atoms with Crippen LogP contribution in [0.15, 0.2) is 0 Å². The first-order valence-electron chi connectivity index (χ1n) is 6.08. The minimum atomic E-state index is -2.88. The van der Waals surface area contributed by atoms with E-state index < -0.39 is 35.0 Å². The number of carbonyl (C=O) groups is 2. The standard InChI is InChI=1S/C12H17F2NO4/c1-10(2,3)19-9(18)15-6-11(5-12(11,13)14)4-7(15)8(16)17/h7H,4-6H2,1-3H3,(H,16,17)/t7-,11?/m1/s1. The third-order valence-electron chi connectivity index (χ3n) is 3.56. The van der Waals surface area contributed by atoms with Crippen molar-refractivity contribution < 1.29 is 28.2 Å². The SMILES string of the molecule is CC(C)(C)OC(=O)N1CC2(C[C@@H]1C(=O)O)CC2(F)F. The first-order valence-corrected chi connectivity index (χ1v) is 6.08. The lowest BCUT2D eigenvalue weighted by atomic mass is 10.0. The van der Waals surface area contributed by atoms with Gasteiger partial charge < -0.3 is 9.84 Å². The van der Waals surface area contributed by atoms with Crippen LogP contribution in [0.1, 0.15) is 33.6 Å². The first kappa shape index (κ1) is 14.0. The molecular formula is C12H17F2NO4. The molecule has 1 unspecified atom stereocenters. The van der Waals surface area contributed by atoms with Crippen molar-refractivity contribution in [3.63, 3.8) is 0 Å². The molecule has 1 N–H and O–H groups in total. The van der Waals surface area contributed by atoms with E-state index in [1.807, 2.05) is 0 Å². The minimum absolute atomic E-state index is 0.214. The lowest BCUT2D eigenvalue weighted by Gasteiger charge is -2.26. The monoisotopic (exact) mass is 277 g/mol. The summed E-state index contributed by atoms with van der Waals surface area (Å²) in [5, 5.41) is 9.07. The molecule has 0 aromatic heterocycles. The Labute approximate surface area is 109 Å². The molecule has 1 aliphatic heterocycles. The molecule has 0 aromatic rings. The van der Waals surface area contributed by atoms with Gasteiger partial charge in [0.05, 0.1) is 5.41 Å². The van der Waals surface area contributed by atoms with Crippen molar-refractivity contribution >= 4 is 12.1 Å². The summed E-state index contributed by atoms with van der Waals surface area (Å²) in [6.45, 7) is 4.65. The van der Waals surface area contributed by atoms with E-state index in [0.29, 0.717) is 0 Å². The van der Waals surface area contributed by atoms with Crippen LogP contribution in [0.4, 0.5) is 13.6 Å². The second-order valence-electron chi connectivity index (χ2n) is 6.33. The van der Waals surface area contributed by atoms with Crippen LogP contribution in [-0.4, -0.2) is 46.2 Å². The Balaban J connectivity index is 2.15. The van der Waals surface area contributed by atoms with Crippen molar-refractivity contribution in [2.45, 2.75) is 51.2 Å². The van der Waals surface area contributed by atoms with Gasteiger partial charge in [0.2, 0.25) is 0 Å². The fourth-order valence-corrected chi connectivity index (χ4v) is 2.49. The van der Waals surface area contributed by atoms with Gasteiger partial charge in [-0.1, -0.05) is 0 Å². The molecule has 1 aliphatic carbocycles. The van der Waals surface area contributed by atoms with Crippen molar-refractivity contribution in [1.82, 2.24) is 4.90 Å². The van der Waals surface area contributed by atoms with E-state index in [1.54, 1.807) is 20.8 Å². The van der Waals surface area contributed by atoms with Gasteiger partial charge in [-0.2, -0.15) is 0 Å². The highest BCUT2D eigenvalue weighted by Crippen LogP contribution is 2.66. The number of rotatable bonds is 1. The van der Waals surface area contributed by atoms with E-state index in [0.717, 1.165) is 4.90 Å². The summed E-state index contributed by atoms with van der Waals surface area (Å²) in [7, 11) is 0. The number of hydrogen-bond acceptors (Lipinski definition) is 3. The maximum absolute atomic E-state index is 13.3. The number of hydrogen-bond donors (Lipinski definition) is 1. The van der Waals surface area contributed by atoms with Gasteiger partial charge in [0.25, 0.3) is 5.92 Å². The summed E-state index contributed by atoms with van der Waals surface area (Å²) in [5.74, 6) is -4.15. The highest BCUT2D eigenvalue weighted by molar-refractivity contribution is 5.81. The average molecular weight is 277 g/mol. The molecule has 5 nitrogen and oxygen atoms in total. The van der Waals surface area contributed by atoms with Crippen molar-refractivity contribution in [2.24, 2.45) is 5.41 Å². The Morgan fingerprint density at radius 3 is 2.26 bits per heavy atom. The molecule has 2 aliphatic rings. The van der Waals surface area contributed by atoms with Crippen molar-refractivity contribution in [2.75, 3.05) is 6.54 Å². The number of halogens is 2. The van der Waals surface area contributed by atoms with Crippen LogP contribution >= 0.6 is 0 Å². The van der Waals surface area contributed by atoms with Crippen LogP contribution in [0, 0.1) is 5.41 Å². The van der Waals surface area contributed by atoms with Crippen LogP contribution < -0.4 is 0 Å². The molecule has 1 saturated heterocycles. The summed E-state index contributed by atoms with van der Waals surface area (Å²) < 4.78 is 31.7. The molecule has 2 atom stereocenters. The van der Waals surface area contributed by atoms with Crippen molar-refractivity contribution in [3.8, 4) is 0 Å². The summed E-state index contributed by atoms with van der Waals surface area (Å²) in [4.78, 5) is 23.9. The zero-order valence-corrected chi connectivity index (χ0v) is 11.1. The van der Waals surface area contributed by atoms with E-state index in [1.165, 1.54) is 0 Å². The van der Waals surface area contributed by atoms with E-state index in [9.17, 15) is 18.4 Å². The fraction of sp³-hybridized carbons (Fsp3) is 0.833. The predicted octanol–water partition coefficient (Wildman–Crippen LogP) is 2.11. The molecule has 1 heterocycles. The zero-order valence-electron chi connectivity index (χ0n) is 11.1. The molecule has 2 rings (SSSR count). The molecule has 0 aromatic carbocycles. The zero-order chi connectivity index (χ0) is 14.6. The number of aliphatic carboxylic acids is 1. The van der Waals surface area contributed by atoms with Crippen molar-refractivity contribution in [1.29, 1.82) is 0 Å². The number of likely N-dealkylation sites (tertiary alicyclic amines) is 1. The highest BCUT2D eigenvalue weighted by atomic mass is 19.3. The Morgan fingerprint density at radius 2 is 1.89 bits per heavy atom. The first-order chi connectivity index (χ1) is 8.47. The Kier molecular flexibility index (Phi) is 2.80. The third-order valence-corrected chi connectivity index (χ3v) is 3.56. The van der Waals surface area contributed by atoms with E-state index >= 15 is 0 Å². The summed E-state index contributed by atoms with van der Waals surface area (Å²) in [6.07, 6.45) is -1.42. The quantitative estimate of drug-likeness (QED) is 0.797. The van der Waals surface area contributed by atoms with E-state index in [-0.39, 0.29) is 19.4 Å². The van der Waals surface area contributed by atoms with E-state index in [4.69, 9.17) is 9.84 Å². The van der Waals surface area contributed by atoms with Gasteiger partial charge in [0.15, 0.2) is 0 Å². The fourth-order valence-electron chi connectivity index (χ4n) is 2.49. The molecule has 1 saturated carbocycles. The number of ether oxygens (including phenoxy) is 1. The maximum Gasteiger partial charge on any atom is 0.411 e. The molecule has 7 heteroatoms. The van der Waals surface area contributed by atoms with Gasteiger partial charge in [0.1, 0.15) is 11.6 Å². The normalized spacial score (nSPS) is 32.5. The second-order valence-corrected chi connectivity index (χ2v) is 6.33. The molecule has 0 bridgehead atoms. The van der Waals surface area contributed by atoms with Gasteiger partial charge in [-0.05, 0) is 27.2 Å². The van der Waals surface area contributed by atoms with E-state index in [2.05, 4.69) is 0 Å². The lowest BCUT2D eigenvalue weighted by Crippen LogP contribution is -2.43. The largest absolute Gasteiger partial charge is 0.480 e. The smallest absolute Gasteiger partial charge is 0.411 e. The Morgan fingerprint density at radius 1 is 1.37 bits per heavy atom. The van der Waals surface area contributed by atoms with Gasteiger partial charge in [0, 0.05) is 13.0 Å². The predicted molar refractivity (Wildman–Crippen MR) is 61.0 cm³/mol. The number of amides is 1. The average Bonchev–Trinajstić information content (AvgIpc) is 2.55. The minimum Gasteiger partial charge on any atom is -0.480 e. The summed E-state index contributed by atoms with van der Waals surface area (Å²) in [6, 6.07) is -1.23. The van der Waals surface area contributed by atoms with Gasteiger partial charge in [-0.15, -0.1) is 0 Å². The summed E-state index contributed by atoms with van der Waals surface area (Å²) >= 11 is 0. The maximum atomic E-state index is 13.3. The number of alkyl halides is 2.